The summed E-state index contributed by atoms with van der Waals surface area (Å²) in [5.74, 6) is 0.293. The number of aromatic nitrogens is 3. The molecule has 27 heavy (non-hydrogen) atoms. The molecule has 0 spiro atoms. The molecule has 1 aliphatic heterocycles. The van der Waals surface area contributed by atoms with E-state index in [1.165, 1.54) is 15.9 Å². The van der Waals surface area contributed by atoms with E-state index < -0.39 is 0 Å². The van der Waals surface area contributed by atoms with E-state index in [2.05, 4.69) is 26.0 Å². The number of rotatable bonds is 1. The van der Waals surface area contributed by atoms with Crippen LogP contribution in [-0.2, 0) is 4.79 Å². The molecule has 2 aromatic carbocycles. The normalized spacial score (nSPS) is 15.6. The van der Waals surface area contributed by atoms with Gasteiger partial charge in [-0.15, -0.1) is 5.10 Å². The molecule has 1 aliphatic rings. The maximum atomic E-state index is 13.0. The molecule has 0 fully saturated rings. The minimum absolute atomic E-state index is 0.201. The highest BCUT2D eigenvalue weighted by Gasteiger charge is 2.32. The van der Waals surface area contributed by atoms with Crippen molar-refractivity contribution in [3.8, 4) is 11.4 Å². The number of halogens is 1. The van der Waals surface area contributed by atoms with Crippen molar-refractivity contribution in [2.45, 2.75) is 0 Å². The van der Waals surface area contributed by atoms with Crippen LogP contribution in [0, 0.1) is 0 Å². The first-order chi connectivity index (χ1) is 13.0. The molecule has 5 rings (SSSR count). The number of benzene rings is 2. The van der Waals surface area contributed by atoms with E-state index >= 15 is 0 Å². The number of likely N-dealkylation sites (N-methyl/N-ethyl adjacent to an activating group) is 1. The van der Waals surface area contributed by atoms with Crippen LogP contribution >= 0.6 is 27.3 Å². The first kappa shape index (κ1) is 16.3. The van der Waals surface area contributed by atoms with Crippen molar-refractivity contribution in [1.82, 2.24) is 14.6 Å². The summed E-state index contributed by atoms with van der Waals surface area (Å²) in [5, 5.41) is 4.35. The third-order valence-electron chi connectivity index (χ3n) is 4.52. The van der Waals surface area contributed by atoms with Gasteiger partial charge in [-0.2, -0.15) is 9.50 Å². The zero-order valence-electron chi connectivity index (χ0n) is 14.0. The number of fused-ring (bicyclic) bond motifs is 2. The summed E-state index contributed by atoms with van der Waals surface area (Å²) >= 11 is 4.63. The summed E-state index contributed by atoms with van der Waals surface area (Å²) in [4.78, 5) is 32.3. The topological polar surface area (TPSA) is 67.6 Å². The second-order valence-electron chi connectivity index (χ2n) is 6.13. The fourth-order valence-corrected chi connectivity index (χ4v) is 4.57. The van der Waals surface area contributed by atoms with Crippen LogP contribution in [0.25, 0.3) is 21.9 Å². The molecule has 8 heteroatoms. The van der Waals surface area contributed by atoms with Crippen LogP contribution < -0.4 is 15.0 Å². The van der Waals surface area contributed by atoms with Crippen molar-refractivity contribution in [3.63, 3.8) is 0 Å². The molecule has 0 atom stereocenters. The molecular weight excluding hydrogens is 428 g/mol. The van der Waals surface area contributed by atoms with Gasteiger partial charge in [0.25, 0.3) is 11.5 Å². The third-order valence-corrected chi connectivity index (χ3v) is 6.05. The minimum atomic E-state index is -0.325. The number of hydrogen-bond acceptors (Lipinski definition) is 5. The van der Waals surface area contributed by atoms with E-state index in [1.54, 1.807) is 11.9 Å². The molecule has 0 bridgehead atoms. The van der Waals surface area contributed by atoms with Crippen LogP contribution in [0.1, 0.15) is 5.56 Å². The van der Waals surface area contributed by atoms with Gasteiger partial charge in [-0.05, 0) is 18.2 Å². The van der Waals surface area contributed by atoms with Crippen molar-refractivity contribution >= 4 is 49.4 Å². The summed E-state index contributed by atoms with van der Waals surface area (Å²) in [7, 11) is 1.71. The second-order valence-corrected chi connectivity index (χ2v) is 8.03. The van der Waals surface area contributed by atoms with Gasteiger partial charge in [0.1, 0.15) is 4.53 Å². The lowest BCUT2D eigenvalue weighted by Gasteiger charge is -2.08. The summed E-state index contributed by atoms with van der Waals surface area (Å²) in [6.45, 7) is 0. The molecule has 132 valence electrons. The van der Waals surface area contributed by atoms with Gasteiger partial charge in [0.2, 0.25) is 4.96 Å². The van der Waals surface area contributed by atoms with Gasteiger partial charge in [0.05, 0.1) is 11.3 Å². The van der Waals surface area contributed by atoms with Gasteiger partial charge >= 0.3 is 0 Å². The molecular formula is C19H11BrN4O2S. The van der Waals surface area contributed by atoms with Crippen LogP contribution in [0.2, 0.25) is 0 Å². The molecule has 0 saturated heterocycles. The highest BCUT2D eigenvalue weighted by atomic mass is 79.9. The van der Waals surface area contributed by atoms with Crippen LogP contribution in [0.5, 0.6) is 0 Å². The fraction of sp³-hybridized carbons (Fsp3) is 0.0526. The van der Waals surface area contributed by atoms with E-state index in [4.69, 9.17) is 0 Å². The maximum absolute atomic E-state index is 13.0. The van der Waals surface area contributed by atoms with Crippen molar-refractivity contribution in [1.29, 1.82) is 0 Å². The largest absolute Gasteiger partial charge is 0.311 e. The van der Waals surface area contributed by atoms with Gasteiger partial charge in [-0.25, -0.2) is 0 Å². The quantitative estimate of drug-likeness (QED) is 0.457. The smallest absolute Gasteiger partial charge is 0.291 e. The van der Waals surface area contributed by atoms with Crippen molar-refractivity contribution < 1.29 is 4.79 Å². The average Bonchev–Trinajstić information content (AvgIpc) is 3.29. The zero-order valence-corrected chi connectivity index (χ0v) is 16.4. The SMILES string of the molecule is CN1C(=O)C(=c2sc3nc(-c4ccccc4)nn3c2=O)c2cc(Br)ccc21. The fourth-order valence-electron chi connectivity index (χ4n) is 3.21. The third kappa shape index (κ3) is 2.37. The first-order valence-corrected chi connectivity index (χ1v) is 9.73. The Kier molecular flexibility index (Phi) is 3.53. The highest BCUT2D eigenvalue weighted by molar-refractivity contribution is 9.10. The van der Waals surface area contributed by atoms with Crippen LogP contribution in [0.4, 0.5) is 5.69 Å². The van der Waals surface area contributed by atoms with Gasteiger partial charge < -0.3 is 4.90 Å². The Morgan fingerprint density at radius 3 is 2.59 bits per heavy atom. The van der Waals surface area contributed by atoms with Crippen LogP contribution in [0.15, 0.2) is 57.8 Å². The maximum Gasteiger partial charge on any atom is 0.291 e. The van der Waals surface area contributed by atoms with E-state index in [1.807, 2.05) is 48.5 Å². The minimum Gasteiger partial charge on any atom is -0.311 e. The molecule has 0 unspecified atom stereocenters. The number of amides is 1. The molecule has 0 aliphatic carbocycles. The molecule has 6 nitrogen and oxygen atoms in total. The predicted molar refractivity (Wildman–Crippen MR) is 108 cm³/mol. The molecule has 0 N–H and O–H groups in total. The van der Waals surface area contributed by atoms with E-state index in [0.29, 0.717) is 20.9 Å². The first-order valence-electron chi connectivity index (χ1n) is 8.12. The molecule has 4 aromatic rings. The number of hydrogen-bond donors (Lipinski definition) is 0. The Labute approximate surface area is 165 Å². The number of carbonyl (C=O) groups is 1. The Morgan fingerprint density at radius 2 is 1.85 bits per heavy atom. The Hall–Kier alpha value is -2.84. The van der Waals surface area contributed by atoms with E-state index in [9.17, 15) is 9.59 Å². The number of anilines is 1. The lowest BCUT2D eigenvalue weighted by molar-refractivity contribution is -0.112. The monoisotopic (exact) mass is 438 g/mol. The van der Waals surface area contributed by atoms with E-state index in [0.717, 1.165) is 21.3 Å². The number of carbonyl (C=O) groups excluding carboxylic acids is 1. The zero-order chi connectivity index (χ0) is 18.7. The summed E-state index contributed by atoms with van der Waals surface area (Å²) in [5.41, 5.74) is 2.43. The molecule has 1 amide bonds. The van der Waals surface area contributed by atoms with Crippen molar-refractivity contribution in [2.24, 2.45) is 0 Å². The molecule has 2 aromatic heterocycles. The lowest BCUT2D eigenvalue weighted by atomic mass is 10.1. The van der Waals surface area contributed by atoms with Gasteiger partial charge in [-0.3, -0.25) is 9.59 Å². The van der Waals surface area contributed by atoms with E-state index in [-0.39, 0.29) is 11.5 Å². The number of nitrogens with zero attached hydrogens (tertiary/aromatic N) is 4. The lowest BCUT2D eigenvalue weighted by Crippen LogP contribution is -2.30. The number of thiazole rings is 1. The molecule has 0 saturated carbocycles. The summed E-state index contributed by atoms with van der Waals surface area (Å²) < 4.78 is 2.48. The summed E-state index contributed by atoms with van der Waals surface area (Å²) in [6.07, 6.45) is 0. The Balaban J connectivity index is 1.78. The average molecular weight is 439 g/mol. The van der Waals surface area contributed by atoms with Crippen LogP contribution in [-0.4, -0.2) is 27.6 Å². The van der Waals surface area contributed by atoms with Gasteiger partial charge in [0, 0.05) is 22.6 Å². The molecule has 3 heterocycles. The van der Waals surface area contributed by atoms with Gasteiger partial charge in [-0.1, -0.05) is 57.6 Å². The van der Waals surface area contributed by atoms with Crippen LogP contribution in [0.3, 0.4) is 0 Å². The van der Waals surface area contributed by atoms with Crippen molar-refractivity contribution in [3.05, 3.63) is 73.5 Å². The Morgan fingerprint density at radius 1 is 1.07 bits per heavy atom. The van der Waals surface area contributed by atoms with Gasteiger partial charge in [0.15, 0.2) is 5.82 Å². The highest BCUT2D eigenvalue weighted by Crippen LogP contribution is 2.36. The second kappa shape index (κ2) is 5.83. The van der Waals surface area contributed by atoms with Crippen molar-refractivity contribution in [2.75, 3.05) is 11.9 Å². The predicted octanol–water partition coefficient (Wildman–Crippen LogP) is 2.47. The summed E-state index contributed by atoms with van der Waals surface area (Å²) in [6, 6.07) is 15.1. The standard InChI is InChI=1S/C19H11BrN4O2S/c1-23-13-8-7-11(20)9-12(13)14(17(23)25)15-18(26)24-19(27-15)21-16(22-24)10-5-3-2-4-6-10/h2-9H,1H3. The Bertz CT molecular complexity index is 1340. The molecule has 0 radical (unpaired) electrons.